The van der Waals surface area contributed by atoms with E-state index in [9.17, 15) is 5.26 Å². The van der Waals surface area contributed by atoms with Gasteiger partial charge in [0.05, 0.1) is 19.8 Å². The standard InChI is InChI=1S/C15H11ClN2O2/c1-19-12-4-8-3-9-7-18-15(16)11(6-17)14(9)10(8)5-13(12)20-2/h4-5,7H,3H2,1-2H3. The molecule has 1 aromatic carbocycles. The van der Waals surface area contributed by atoms with Crippen molar-refractivity contribution in [3.8, 4) is 28.7 Å². The number of hydrogen-bond donors (Lipinski definition) is 0. The largest absolute Gasteiger partial charge is 0.493 e. The predicted molar refractivity (Wildman–Crippen MR) is 75.3 cm³/mol. The second kappa shape index (κ2) is 4.69. The van der Waals surface area contributed by atoms with E-state index in [0.29, 0.717) is 23.5 Å². The number of nitriles is 1. The van der Waals surface area contributed by atoms with Gasteiger partial charge in [-0.15, -0.1) is 0 Å². The molecule has 0 radical (unpaired) electrons. The molecule has 0 spiro atoms. The summed E-state index contributed by atoms with van der Waals surface area (Å²) in [5.74, 6) is 1.31. The Morgan fingerprint density at radius 2 is 1.90 bits per heavy atom. The van der Waals surface area contributed by atoms with Crippen LogP contribution in [0.5, 0.6) is 11.5 Å². The molecule has 0 saturated heterocycles. The zero-order valence-electron chi connectivity index (χ0n) is 11.0. The number of methoxy groups -OCH3 is 2. The molecule has 0 atom stereocenters. The Morgan fingerprint density at radius 3 is 2.55 bits per heavy atom. The molecule has 1 aliphatic carbocycles. The van der Waals surface area contributed by atoms with Crippen LogP contribution in [0, 0.1) is 11.3 Å². The second-order valence-corrected chi connectivity index (χ2v) is 4.84. The van der Waals surface area contributed by atoms with Gasteiger partial charge < -0.3 is 9.47 Å². The van der Waals surface area contributed by atoms with Crippen LogP contribution in [-0.4, -0.2) is 19.2 Å². The van der Waals surface area contributed by atoms with Gasteiger partial charge in [0.15, 0.2) is 11.5 Å². The summed E-state index contributed by atoms with van der Waals surface area (Å²) < 4.78 is 10.6. The fourth-order valence-corrected chi connectivity index (χ4v) is 2.76. The molecule has 20 heavy (non-hydrogen) atoms. The Balaban J connectivity index is 2.29. The highest BCUT2D eigenvalue weighted by Gasteiger charge is 2.26. The van der Waals surface area contributed by atoms with Crippen LogP contribution in [0.1, 0.15) is 16.7 Å². The van der Waals surface area contributed by atoms with E-state index in [1.807, 2.05) is 12.1 Å². The van der Waals surface area contributed by atoms with E-state index in [1.54, 1.807) is 20.4 Å². The quantitative estimate of drug-likeness (QED) is 0.679. The van der Waals surface area contributed by atoms with E-state index in [4.69, 9.17) is 21.1 Å². The second-order valence-electron chi connectivity index (χ2n) is 4.48. The fraction of sp³-hybridized carbons (Fsp3) is 0.200. The molecule has 0 amide bonds. The van der Waals surface area contributed by atoms with Crippen molar-refractivity contribution in [1.82, 2.24) is 4.98 Å². The van der Waals surface area contributed by atoms with Crippen LogP contribution in [-0.2, 0) is 6.42 Å². The van der Waals surface area contributed by atoms with Gasteiger partial charge in [0.1, 0.15) is 11.2 Å². The Labute approximate surface area is 121 Å². The zero-order chi connectivity index (χ0) is 14.3. The molecule has 1 aliphatic rings. The molecular weight excluding hydrogens is 276 g/mol. The van der Waals surface area contributed by atoms with Crippen molar-refractivity contribution < 1.29 is 9.47 Å². The van der Waals surface area contributed by atoms with Crippen LogP contribution in [0.4, 0.5) is 0 Å². The monoisotopic (exact) mass is 286 g/mol. The molecule has 5 heteroatoms. The summed E-state index contributed by atoms with van der Waals surface area (Å²) in [6.07, 6.45) is 2.43. The smallest absolute Gasteiger partial charge is 0.161 e. The Hall–Kier alpha value is -2.25. The van der Waals surface area contributed by atoms with Crippen LogP contribution in [0.3, 0.4) is 0 Å². The summed E-state index contributed by atoms with van der Waals surface area (Å²) in [5, 5.41) is 9.54. The summed E-state index contributed by atoms with van der Waals surface area (Å²) in [5.41, 5.74) is 4.30. The van der Waals surface area contributed by atoms with Crippen molar-refractivity contribution in [1.29, 1.82) is 5.26 Å². The first-order chi connectivity index (χ1) is 9.69. The summed E-state index contributed by atoms with van der Waals surface area (Å²) in [7, 11) is 3.19. The highest BCUT2D eigenvalue weighted by Crippen LogP contribution is 2.44. The minimum Gasteiger partial charge on any atom is -0.493 e. The minimum absolute atomic E-state index is 0.230. The van der Waals surface area contributed by atoms with Gasteiger partial charge in [0.25, 0.3) is 0 Å². The van der Waals surface area contributed by atoms with Crippen molar-refractivity contribution in [3.05, 3.63) is 40.2 Å². The number of nitrogens with zero attached hydrogens (tertiary/aromatic N) is 2. The SMILES string of the molecule is COc1cc2c(cc1OC)-c1c(cnc(Cl)c1C#N)C2. The highest BCUT2D eigenvalue weighted by molar-refractivity contribution is 6.31. The van der Waals surface area contributed by atoms with E-state index >= 15 is 0 Å². The summed E-state index contributed by atoms with van der Waals surface area (Å²) in [6.45, 7) is 0. The highest BCUT2D eigenvalue weighted by atomic mass is 35.5. The van der Waals surface area contributed by atoms with E-state index in [-0.39, 0.29) is 5.15 Å². The van der Waals surface area contributed by atoms with Gasteiger partial charge in [-0.05, 0) is 28.8 Å². The molecule has 0 unspecified atom stereocenters. The molecular formula is C15H11ClN2O2. The molecule has 1 heterocycles. The molecule has 0 aliphatic heterocycles. The lowest BCUT2D eigenvalue weighted by Crippen LogP contribution is -1.93. The maximum absolute atomic E-state index is 9.31. The number of fused-ring (bicyclic) bond motifs is 3. The first-order valence-electron chi connectivity index (χ1n) is 6.02. The maximum atomic E-state index is 9.31. The Morgan fingerprint density at radius 1 is 1.20 bits per heavy atom. The number of hydrogen-bond acceptors (Lipinski definition) is 4. The first-order valence-corrected chi connectivity index (χ1v) is 6.40. The van der Waals surface area contributed by atoms with E-state index in [2.05, 4.69) is 11.1 Å². The molecule has 0 bridgehead atoms. The Bertz CT molecular complexity index is 751. The number of benzene rings is 1. The van der Waals surface area contributed by atoms with Crippen molar-refractivity contribution in [2.24, 2.45) is 0 Å². The molecule has 1 aromatic heterocycles. The number of aromatic nitrogens is 1. The summed E-state index contributed by atoms with van der Waals surface area (Å²) >= 11 is 6.02. The molecule has 100 valence electrons. The molecule has 3 rings (SSSR count). The van der Waals surface area contributed by atoms with Crippen molar-refractivity contribution in [2.45, 2.75) is 6.42 Å². The lowest BCUT2D eigenvalue weighted by molar-refractivity contribution is 0.355. The van der Waals surface area contributed by atoms with Gasteiger partial charge in [-0.3, -0.25) is 0 Å². The Kier molecular flexibility index (Phi) is 3.00. The number of ether oxygens (including phenoxy) is 2. The van der Waals surface area contributed by atoms with Gasteiger partial charge in [-0.1, -0.05) is 11.6 Å². The van der Waals surface area contributed by atoms with Crippen LogP contribution >= 0.6 is 11.6 Å². The normalized spacial score (nSPS) is 11.5. The van der Waals surface area contributed by atoms with E-state index in [1.165, 1.54) is 0 Å². The van der Waals surface area contributed by atoms with E-state index < -0.39 is 0 Å². The topological polar surface area (TPSA) is 55.1 Å². The average molecular weight is 287 g/mol. The predicted octanol–water partition coefficient (Wildman–Crippen LogP) is 3.20. The third-order valence-corrected chi connectivity index (χ3v) is 3.77. The van der Waals surface area contributed by atoms with Gasteiger partial charge in [0.2, 0.25) is 0 Å². The van der Waals surface area contributed by atoms with Crippen LogP contribution < -0.4 is 9.47 Å². The number of rotatable bonds is 2. The number of pyridine rings is 1. The zero-order valence-corrected chi connectivity index (χ0v) is 11.8. The summed E-state index contributed by atoms with van der Waals surface area (Å²) in [4.78, 5) is 4.07. The lowest BCUT2D eigenvalue weighted by Gasteiger charge is -2.11. The van der Waals surface area contributed by atoms with Gasteiger partial charge in [0, 0.05) is 18.2 Å². The van der Waals surface area contributed by atoms with E-state index in [0.717, 1.165) is 22.3 Å². The van der Waals surface area contributed by atoms with Gasteiger partial charge in [-0.25, -0.2) is 4.98 Å². The minimum atomic E-state index is 0.230. The van der Waals surface area contributed by atoms with Gasteiger partial charge >= 0.3 is 0 Å². The molecule has 0 N–H and O–H groups in total. The van der Waals surface area contributed by atoms with Crippen molar-refractivity contribution >= 4 is 11.6 Å². The first kappa shape index (κ1) is 12.8. The number of halogens is 1. The van der Waals surface area contributed by atoms with Crippen LogP contribution in [0.2, 0.25) is 5.15 Å². The van der Waals surface area contributed by atoms with Crippen molar-refractivity contribution in [3.63, 3.8) is 0 Å². The molecule has 0 fully saturated rings. The third-order valence-electron chi connectivity index (χ3n) is 3.48. The molecule has 0 saturated carbocycles. The lowest BCUT2D eigenvalue weighted by atomic mass is 10.0. The third kappa shape index (κ3) is 1.71. The molecule has 4 nitrogen and oxygen atoms in total. The average Bonchev–Trinajstić information content (AvgIpc) is 2.83. The fourth-order valence-electron chi connectivity index (χ4n) is 2.58. The van der Waals surface area contributed by atoms with Crippen molar-refractivity contribution in [2.75, 3.05) is 14.2 Å². The summed E-state index contributed by atoms with van der Waals surface area (Å²) in [6, 6.07) is 5.96. The van der Waals surface area contributed by atoms with Crippen LogP contribution in [0.15, 0.2) is 18.3 Å². The molecule has 2 aromatic rings. The van der Waals surface area contributed by atoms with Gasteiger partial charge in [-0.2, -0.15) is 5.26 Å². The maximum Gasteiger partial charge on any atom is 0.161 e. The van der Waals surface area contributed by atoms with Crippen LogP contribution in [0.25, 0.3) is 11.1 Å².